The minimum atomic E-state index is -0.764. The van der Waals surface area contributed by atoms with E-state index in [0.717, 1.165) is 5.69 Å². The molecule has 2 aromatic carbocycles. The smallest absolute Gasteiger partial charge is 0.313 e. The van der Waals surface area contributed by atoms with E-state index in [1.807, 2.05) is 5.38 Å². The largest absolute Gasteiger partial charge is 0.347 e. The molecule has 158 valence electrons. The van der Waals surface area contributed by atoms with Gasteiger partial charge in [0.25, 0.3) is 0 Å². The van der Waals surface area contributed by atoms with Gasteiger partial charge in [0.2, 0.25) is 4.96 Å². The molecule has 0 radical (unpaired) electrons. The van der Waals surface area contributed by atoms with Crippen molar-refractivity contribution in [2.45, 2.75) is 13.3 Å². The third-order valence-electron chi connectivity index (χ3n) is 4.64. The lowest BCUT2D eigenvalue weighted by molar-refractivity contribution is -0.136. The van der Waals surface area contributed by atoms with Crippen LogP contribution in [-0.2, 0) is 16.0 Å². The molecule has 0 spiro atoms. The van der Waals surface area contributed by atoms with E-state index in [2.05, 4.69) is 20.7 Å². The molecule has 4 aromatic rings. The minimum absolute atomic E-state index is 0.248. The average molecular weight is 458 g/mol. The quantitative estimate of drug-likeness (QED) is 0.445. The highest BCUT2D eigenvalue weighted by Gasteiger charge is 2.16. The van der Waals surface area contributed by atoms with Gasteiger partial charge < -0.3 is 10.6 Å². The molecule has 0 saturated heterocycles. The van der Waals surface area contributed by atoms with Gasteiger partial charge in [-0.1, -0.05) is 17.7 Å². The number of nitrogens with zero attached hydrogens (tertiary/aromatic N) is 3. The van der Waals surface area contributed by atoms with Gasteiger partial charge in [0.15, 0.2) is 5.82 Å². The molecule has 2 heterocycles. The zero-order chi connectivity index (χ0) is 22.0. The van der Waals surface area contributed by atoms with Crippen LogP contribution in [0.25, 0.3) is 16.3 Å². The van der Waals surface area contributed by atoms with Gasteiger partial charge in [-0.15, -0.1) is 16.4 Å². The van der Waals surface area contributed by atoms with Crippen molar-refractivity contribution >= 4 is 45.4 Å². The normalized spacial score (nSPS) is 10.9. The molecule has 2 N–H and O–H groups in total. The van der Waals surface area contributed by atoms with Crippen molar-refractivity contribution in [1.29, 1.82) is 0 Å². The molecule has 0 fully saturated rings. The third kappa shape index (κ3) is 4.57. The summed E-state index contributed by atoms with van der Waals surface area (Å²) in [6.07, 6.45) is 0.460. The van der Waals surface area contributed by atoms with Crippen molar-refractivity contribution in [3.8, 4) is 11.4 Å². The summed E-state index contributed by atoms with van der Waals surface area (Å²) in [6.45, 7) is 2.01. The topological polar surface area (TPSA) is 88.4 Å². The maximum absolute atomic E-state index is 13.1. The summed E-state index contributed by atoms with van der Waals surface area (Å²) >= 11 is 7.45. The van der Waals surface area contributed by atoms with Gasteiger partial charge in [-0.05, 0) is 48.9 Å². The summed E-state index contributed by atoms with van der Waals surface area (Å²) in [5.74, 6) is -1.33. The Balaban J connectivity index is 1.37. The fourth-order valence-electron chi connectivity index (χ4n) is 2.92. The molecule has 0 bridgehead atoms. The Hall–Kier alpha value is -3.30. The van der Waals surface area contributed by atoms with Crippen molar-refractivity contribution < 1.29 is 14.0 Å². The molecule has 0 saturated carbocycles. The number of carbonyl (C=O) groups is 2. The number of amides is 2. The molecule has 0 atom stereocenters. The third-order valence-corrected chi connectivity index (χ3v) is 5.92. The molecule has 0 aliphatic rings. The van der Waals surface area contributed by atoms with Crippen LogP contribution >= 0.6 is 22.9 Å². The predicted octanol–water partition coefficient (Wildman–Crippen LogP) is 3.86. The van der Waals surface area contributed by atoms with Crippen LogP contribution < -0.4 is 10.6 Å². The summed E-state index contributed by atoms with van der Waals surface area (Å²) in [5.41, 5.74) is 2.73. The Bertz CT molecular complexity index is 1270. The number of carbonyl (C=O) groups excluding carboxylic acids is 2. The fraction of sp³-hybridized carbons (Fsp3) is 0.143. The van der Waals surface area contributed by atoms with Gasteiger partial charge in [0.1, 0.15) is 5.82 Å². The van der Waals surface area contributed by atoms with Crippen LogP contribution in [0.2, 0.25) is 5.02 Å². The zero-order valence-electron chi connectivity index (χ0n) is 16.4. The Morgan fingerprint density at radius 3 is 2.71 bits per heavy atom. The second-order valence-electron chi connectivity index (χ2n) is 6.74. The van der Waals surface area contributed by atoms with Gasteiger partial charge in [0.05, 0.1) is 5.69 Å². The molecule has 2 aromatic heterocycles. The van der Waals surface area contributed by atoms with Crippen LogP contribution in [-0.4, -0.2) is 33.0 Å². The van der Waals surface area contributed by atoms with Crippen LogP contribution in [0.4, 0.5) is 10.1 Å². The summed E-state index contributed by atoms with van der Waals surface area (Å²) in [7, 11) is 0. The maximum Gasteiger partial charge on any atom is 0.313 e. The van der Waals surface area contributed by atoms with Crippen LogP contribution in [0.3, 0.4) is 0 Å². The molecule has 31 heavy (non-hydrogen) atoms. The Kier molecular flexibility index (Phi) is 5.97. The fourth-order valence-corrected chi connectivity index (χ4v) is 3.96. The standard InChI is InChI=1S/C21H17ClFN5O2S/c1-12-16(22)3-2-4-17(12)25-20(30)19(29)24-10-9-15-11-31-21-26-18(27-28(15)21)13-5-7-14(23)8-6-13/h2-8,11H,9-10H2,1H3,(H,24,29)(H,25,30). The first kappa shape index (κ1) is 21.0. The van der Waals surface area contributed by atoms with E-state index in [1.165, 1.54) is 23.5 Å². The SMILES string of the molecule is Cc1c(Cl)cccc1NC(=O)C(=O)NCCc1csc2nc(-c3ccc(F)cc3)nn12. The maximum atomic E-state index is 13.1. The highest BCUT2D eigenvalue weighted by atomic mass is 35.5. The number of hydrogen-bond donors (Lipinski definition) is 2. The number of rotatable bonds is 5. The first-order valence-electron chi connectivity index (χ1n) is 9.36. The van der Waals surface area contributed by atoms with Crippen molar-refractivity contribution in [3.63, 3.8) is 0 Å². The molecule has 0 aliphatic carbocycles. The number of halogens is 2. The monoisotopic (exact) mass is 457 g/mol. The van der Waals surface area contributed by atoms with Crippen molar-refractivity contribution in [1.82, 2.24) is 19.9 Å². The number of thiazole rings is 1. The van der Waals surface area contributed by atoms with Gasteiger partial charge in [0, 0.05) is 34.6 Å². The second-order valence-corrected chi connectivity index (χ2v) is 7.98. The molecular formula is C21H17ClFN5O2S. The number of fused-ring (bicyclic) bond motifs is 1. The molecule has 10 heteroatoms. The van der Waals surface area contributed by atoms with E-state index in [1.54, 1.807) is 41.8 Å². The highest BCUT2D eigenvalue weighted by molar-refractivity contribution is 7.15. The van der Waals surface area contributed by atoms with E-state index in [4.69, 9.17) is 11.6 Å². The van der Waals surface area contributed by atoms with Crippen LogP contribution in [0.1, 0.15) is 11.3 Å². The molecule has 0 aliphatic heterocycles. The lowest BCUT2D eigenvalue weighted by Gasteiger charge is -2.09. The second kappa shape index (κ2) is 8.83. The van der Waals surface area contributed by atoms with Crippen molar-refractivity contribution in [2.24, 2.45) is 0 Å². The van der Waals surface area contributed by atoms with Crippen LogP contribution in [0.5, 0.6) is 0 Å². The van der Waals surface area contributed by atoms with Crippen LogP contribution in [0.15, 0.2) is 47.8 Å². The summed E-state index contributed by atoms with van der Waals surface area (Å²) in [5, 5.41) is 12.0. The first-order valence-corrected chi connectivity index (χ1v) is 10.6. The lowest BCUT2D eigenvalue weighted by atomic mass is 10.2. The van der Waals surface area contributed by atoms with E-state index < -0.39 is 11.8 Å². The van der Waals surface area contributed by atoms with E-state index in [9.17, 15) is 14.0 Å². The Morgan fingerprint density at radius 2 is 1.94 bits per heavy atom. The summed E-state index contributed by atoms with van der Waals surface area (Å²) < 4.78 is 14.8. The van der Waals surface area contributed by atoms with Gasteiger partial charge >= 0.3 is 11.8 Å². The van der Waals surface area contributed by atoms with E-state index in [-0.39, 0.29) is 12.4 Å². The minimum Gasteiger partial charge on any atom is -0.347 e. The van der Waals surface area contributed by atoms with E-state index >= 15 is 0 Å². The predicted molar refractivity (Wildman–Crippen MR) is 118 cm³/mol. The van der Waals surface area contributed by atoms with Crippen molar-refractivity contribution in [2.75, 3.05) is 11.9 Å². The number of hydrogen-bond acceptors (Lipinski definition) is 5. The molecular weight excluding hydrogens is 441 g/mol. The van der Waals surface area contributed by atoms with Crippen LogP contribution in [0, 0.1) is 12.7 Å². The number of anilines is 1. The lowest BCUT2D eigenvalue weighted by Crippen LogP contribution is -2.36. The number of aromatic nitrogens is 3. The number of benzene rings is 2. The molecule has 2 amide bonds. The Labute approximate surface area is 185 Å². The summed E-state index contributed by atoms with van der Waals surface area (Å²) in [6, 6.07) is 11.0. The van der Waals surface area contributed by atoms with E-state index in [0.29, 0.717) is 39.0 Å². The summed E-state index contributed by atoms with van der Waals surface area (Å²) in [4.78, 5) is 29.4. The zero-order valence-corrected chi connectivity index (χ0v) is 17.9. The first-order chi connectivity index (χ1) is 14.9. The van der Waals surface area contributed by atoms with Crippen molar-refractivity contribution in [3.05, 3.63) is 69.9 Å². The van der Waals surface area contributed by atoms with Gasteiger partial charge in [-0.25, -0.2) is 8.91 Å². The Morgan fingerprint density at radius 1 is 1.16 bits per heavy atom. The number of nitrogens with one attached hydrogen (secondary N) is 2. The van der Waals surface area contributed by atoms with Gasteiger partial charge in [-0.2, -0.15) is 4.98 Å². The highest BCUT2D eigenvalue weighted by Crippen LogP contribution is 2.23. The molecule has 4 rings (SSSR count). The molecule has 7 nitrogen and oxygen atoms in total. The average Bonchev–Trinajstić information content (AvgIpc) is 3.33. The molecule has 0 unspecified atom stereocenters. The van der Waals surface area contributed by atoms with Gasteiger partial charge in [-0.3, -0.25) is 9.59 Å².